The van der Waals surface area contributed by atoms with Gasteiger partial charge in [-0.05, 0) is 32.3 Å². The van der Waals surface area contributed by atoms with E-state index in [0.717, 1.165) is 6.42 Å². The van der Waals surface area contributed by atoms with Crippen molar-refractivity contribution < 1.29 is 19.1 Å². The van der Waals surface area contributed by atoms with Gasteiger partial charge in [0.05, 0.1) is 24.0 Å². The molecule has 104 valence electrons. The van der Waals surface area contributed by atoms with E-state index in [1.807, 2.05) is 0 Å². The van der Waals surface area contributed by atoms with Crippen molar-refractivity contribution in [2.45, 2.75) is 31.8 Å². The summed E-state index contributed by atoms with van der Waals surface area (Å²) in [6, 6.07) is 1.56. The van der Waals surface area contributed by atoms with Gasteiger partial charge in [0.2, 0.25) is 5.91 Å². The summed E-state index contributed by atoms with van der Waals surface area (Å²) in [4.78, 5) is 23.2. The zero-order valence-electron chi connectivity index (χ0n) is 10.9. The fourth-order valence-corrected chi connectivity index (χ4v) is 1.96. The smallest absolute Gasteiger partial charge is 0.255 e. The van der Waals surface area contributed by atoms with Crippen LogP contribution < -0.4 is 10.6 Å². The molecule has 6 heteroatoms. The van der Waals surface area contributed by atoms with Gasteiger partial charge in [0.15, 0.2) is 0 Å². The van der Waals surface area contributed by atoms with Crippen molar-refractivity contribution in [3.8, 4) is 0 Å². The molecule has 2 amide bonds. The summed E-state index contributed by atoms with van der Waals surface area (Å²) >= 11 is 0. The molecule has 1 aromatic rings. The van der Waals surface area contributed by atoms with Gasteiger partial charge in [-0.15, -0.1) is 0 Å². The van der Waals surface area contributed by atoms with E-state index >= 15 is 0 Å². The number of nitrogens with one attached hydrogen (secondary N) is 2. The average molecular weight is 266 g/mol. The molecule has 0 spiro atoms. The third-order valence-corrected chi connectivity index (χ3v) is 3.41. The second-order valence-corrected chi connectivity index (χ2v) is 4.93. The van der Waals surface area contributed by atoms with E-state index < -0.39 is 5.60 Å². The van der Waals surface area contributed by atoms with Crippen molar-refractivity contribution in [2.75, 3.05) is 13.1 Å². The predicted molar refractivity (Wildman–Crippen MR) is 67.6 cm³/mol. The van der Waals surface area contributed by atoms with Crippen LogP contribution in [0.25, 0.3) is 0 Å². The largest absolute Gasteiger partial charge is 0.469 e. The molecule has 0 unspecified atom stereocenters. The van der Waals surface area contributed by atoms with Crippen LogP contribution >= 0.6 is 0 Å². The summed E-state index contributed by atoms with van der Waals surface area (Å²) in [5.41, 5.74) is -0.328. The summed E-state index contributed by atoms with van der Waals surface area (Å²) in [5, 5.41) is 14.9. The highest BCUT2D eigenvalue weighted by molar-refractivity contribution is 5.97. The zero-order chi connectivity index (χ0) is 13.9. The Hall–Kier alpha value is -1.82. The lowest BCUT2D eigenvalue weighted by Gasteiger charge is -2.36. The van der Waals surface area contributed by atoms with Gasteiger partial charge in [-0.3, -0.25) is 9.59 Å². The lowest BCUT2D eigenvalue weighted by Crippen LogP contribution is -2.49. The topological polar surface area (TPSA) is 91.6 Å². The lowest BCUT2D eigenvalue weighted by molar-refractivity contribution is -0.122. The lowest BCUT2D eigenvalue weighted by atomic mass is 9.80. The number of amides is 2. The molecule has 6 nitrogen and oxygen atoms in total. The van der Waals surface area contributed by atoms with Crippen LogP contribution in [0.2, 0.25) is 0 Å². The van der Waals surface area contributed by atoms with Gasteiger partial charge in [0.25, 0.3) is 5.91 Å². The minimum atomic E-state index is -0.749. The molecule has 0 saturated heterocycles. The molecule has 1 fully saturated rings. The van der Waals surface area contributed by atoms with Crippen molar-refractivity contribution >= 4 is 11.8 Å². The quantitative estimate of drug-likeness (QED) is 0.717. The molecular weight excluding hydrogens is 248 g/mol. The highest BCUT2D eigenvalue weighted by Crippen LogP contribution is 2.30. The average Bonchev–Trinajstić information content (AvgIpc) is 2.77. The highest BCUT2D eigenvalue weighted by atomic mass is 16.3. The second kappa shape index (κ2) is 5.44. The number of hydrogen-bond donors (Lipinski definition) is 3. The Morgan fingerprint density at radius 2 is 2.16 bits per heavy atom. The highest BCUT2D eigenvalue weighted by Gasteiger charge is 2.34. The molecule has 1 saturated carbocycles. The van der Waals surface area contributed by atoms with Crippen LogP contribution in [0.1, 0.15) is 35.4 Å². The van der Waals surface area contributed by atoms with Crippen molar-refractivity contribution in [2.24, 2.45) is 0 Å². The minimum Gasteiger partial charge on any atom is -0.469 e. The van der Waals surface area contributed by atoms with E-state index in [0.29, 0.717) is 24.2 Å². The molecule has 1 aromatic heterocycles. The fraction of sp³-hybridized carbons (Fsp3) is 0.538. The number of carbonyl (C=O) groups is 2. The van der Waals surface area contributed by atoms with Crippen LogP contribution in [-0.2, 0) is 4.79 Å². The first-order valence-corrected chi connectivity index (χ1v) is 6.32. The van der Waals surface area contributed by atoms with Gasteiger partial charge in [0.1, 0.15) is 5.76 Å². The summed E-state index contributed by atoms with van der Waals surface area (Å²) in [6.45, 7) is 1.81. The van der Waals surface area contributed by atoms with Gasteiger partial charge in [-0.2, -0.15) is 0 Å². The monoisotopic (exact) mass is 266 g/mol. The van der Waals surface area contributed by atoms with E-state index in [1.54, 1.807) is 13.0 Å². The predicted octanol–water partition coefficient (Wildman–Crippen LogP) is 0.349. The minimum absolute atomic E-state index is 0.112. The van der Waals surface area contributed by atoms with Crippen LogP contribution in [0.3, 0.4) is 0 Å². The summed E-state index contributed by atoms with van der Waals surface area (Å²) in [6.07, 6.45) is 3.85. The van der Waals surface area contributed by atoms with E-state index in [4.69, 9.17) is 4.42 Å². The first-order valence-electron chi connectivity index (χ1n) is 6.32. The van der Waals surface area contributed by atoms with Crippen LogP contribution in [0.4, 0.5) is 0 Å². The molecule has 3 N–H and O–H groups in total. The van der Waals surface area contributed by atoms with E-state index in [9.17, 15) is 14.7 Å². The van der Waals surface area contributed by atoms with Gasteiger partial charge in [0, 0.05) is 6.54 Å². The number of hydrogen-bond acceptors (Lipinski definition) is 4. The number of aliphatic hydroxyl groups is 1. The molecule has 2 rings (SSSR count). The van der Waals surface area contributed by atoms with Gasteiger partial charge < -0.3 is 20.2 Å². The van der Waals surface area contributed by atoms with E-state index in [2.05, 4.69) is 10.6 Å². The molecule has 0 bridgehead atoms. The number of furan rings is 1. The molecule has 0 atom stereocenters. The normalized spacial score (nSPS) is 16.5. The Morgan fingerprint density at radius 3 is 2.68 bits per heavy atom. The van der Waals surface area contributed by atoms with Crippen molar-refractivity contribution in [1.29, 1.82) is 0 Å². The third-order valence-electron chi connectivity index (χ3n) is 3.41. The second-order valence-electron chi connectivity index (χ2n) is 4.93. The van der Waals surface area contributed by atoms with Crippen LogP contribution in [0.5, 0.6) is 0 Å². The number of rotatable bonds is 5. The third kappa shape index (κ3) is 3.35. The Bertz CT molecular complexity index is 477. The van der Waals surface area contributed by atoms with Crippen LogP contribution in [-0.4, -0.2) is 35.6 Å². The molecule has 19 heavy (non-hydrogen) atoms. The molecule has 0 radical (unpaired) electrons. The summed E-state index contributed by atoms with van der Waals surface area (Å²) in [7, 11) is 0. The van der Waals surface area contributed by atoms with E-state index in [-0.39, 0.29) is 24.9 Å². The maximum atomic E-state index is 11.7. The van der Waals surface area contributed by atoms with Crippen molar-refractivity contribution in [3.63, 3.8) is 0 Å². The Morgan fingerprint density at radius 1 is 1.42 bits per heavy atom. The Balaban J connectivity index is 1.71. The SMILES string of the molecule is Cc1occc1C(=O)NCC(=O)NCC1(O)CCC1. The molecule has 1 aliphatic carbocycles. The van der Waals surface area contributed by atoms with Gasteiger partial charge in [-0.25, -0.2) is 0 Å². The Kier molecular flexibility index (Phi) is 3.90. The summed E-state index contributed by atoms with van der Waals surface area (Å²) < 4.78 is 5.01. The molecule has 1 heterocycles. The zero-order valence-corrected chi connectivity index (χ0v) is 10.9. The number of aryl methyl sites for hydroxylation is 1. The van der Waals surface area contributed by atoms with Gasteiger partial charge in [-0.1, -0.05) is 0 Å². The molecule has 0 aromatic carbocycles. The standard InChI is InChI=1S/C13H18N2O4/c1-9-10(3-6-19-9)12(17)14-7-11(16)15-8-13(18)4-2-5-13/h3,6,18H,2,4-5,7-8H2,1H3,(H,14,17)(H,15,16). The summed E-state index contributed by atoms with van der Waals surface area (Å²) in [5.74, 6) is -0.139. The van der Waals surface area contributed by atoms with Crippen molar-refractivity contribution in [3.05, 3.63) is 23.7 Å². The first kappa shape index (κ1) is 13.6. The van der Waals surface area contributed by atoms with Crippen LogP contribution in [0.15, 0.2) is 16.7 Å². The molecule has 1 aliphatic rings. The maximum Gasteiger partial charge on any atom is 0.255 e. The van der Waals surface area contributed by atoms with E-state index in [1.165, 1.54) is 6.26 Å². The maximum absolute atomic E-state index is 11.7. The van der Waals surface area contributed by atoms with Crippen LogP contribution in [0, 0.1) is 6.92 Å². The molecule has 0 aliphatic heterocycles. The fourth-order valence-electron chi connectivity index (χ4n) is 1.96. The van der Waals surface area contributed by atoms with Crippen molar-refractivity contribution in [1.82, 2.24) is 10.6 Å². The number of carbonyl (C=O) groups excluding carboxylic acids is 2. The Labute approximate surface area is 111 Å². The first-order chi connectivity index (χ1) is 9.00. The van der Waals surface area contributed by atoms with Gasteiger partial charge >= 0.3 is 0 Å². The molecular formula is C13H18N2O4.